The molecule has 1 aliphatic rings. The van der Waals surface area contributed by atoms with Crippen molar-refractivity contribution in [2.75, 3.05) is 32.6 Å². The second-order valence-corrected chi connectivity index (χ2v) is 3.95. The Morgan fingerprint density at radius 1 is 1.38 bits per heavy atom. The van der Waals surface area contributed by atoms with Crippen LogP contribution < -0.4 is 20.5 Å². The number of fused-ring (bicyclic) bond motifs is 1. The highest BCUT2D eigenvalue weighted by Crippen LogP contribution is 2.42. The van der Waals surface area contributed by atoms with Crippen molar-refractivity contribution in [1.29, 1.82) is 0 Å². The van der Waals surface area contributed by atoms with Gasteiger partial charge in [0.25, 0.3) is 0 Å². The molecule has 0 amide bonds. The normalized spacial score (nSPS) is 17.8. The van der Waals surface area contributed by atoms with Gasteiger partial charge in [0.2, 0.25) is 0 Å². The van der Waals surface area contributed by atoms with E-state index in [1.165, 1.54) is 5.56 Å². The average Bonchev–Trinajstić information content (AvgIpc) is 2.72. The SMILES string of the molecule is COc1cc(OC)c2c(c1)C(CCN)CN2. The number of methoxy groups -OCH3 is 2. The largest absolute Gasteiger partial charge is 0.497 e. The van der Waals surface area contributed by atoms with Crippen molar-refractivity contribution < 1.29 is 9.47 Å². The number of nitrogens with two attached hydrogens (primary N) is 1. The lowest BCUT2D eigenvalue weighted by Gasteiger charge is -2.12. The second-order valence-electron chi connectivity index (χ2n) is 3.95. The molecule has 0 aromatic heterocycles. The van der Waals surface area contributed by atoms with E-state index in [-0.39, 0.29) is 0 Å². The molecule has 1 heterocycles. The van der Waals surface area contributed by atoms with Gasteiger partial charge in [0.05, 0.1) is 19.9 Å². The fourth-order valence-corrected chi connectivity index (χ4v) is 2.19. The quantitative estimate of drug-likeness (QED) is 0.811. The molecule has 1 unspecified atom stereocenters. The summed E-state index contributed by atoms with van der Waals surface area (Å²) in [5.41, 5.74) is 7.95. The first-order valence-corrected chi connectivity index (χ1v) is 5.50. The lowest BCUT2D eigenvalue weighted by Crippen LogP contribution is -2.08. The van der Waals surface area contributed by atoms with Crippen LogP contribution in [0.5, 0.6) is 11.5 Å². The number of hydrogen-bond donors (Lipinski definition) is 2. The Kier molecular flexibility index (Phi) is 3.19. The van der Waals surface area contributed by atoms with Crippen molar-refractivity contribution in [3.63, 3.8) is 0 Å². The van der Waals surface area contributed by atoms with Crippen LogP contribution in [0.3, 0.4) is 0 Å². The van der Waals surface area contributed by atoms with Gasteiger partial charge in [-0.1, -0.05) is 0 Å². The Balaban J connectivity index is 2.40. The first-order valence-electron chi connectivity index (χ1n) is 5.50. The van der Waals surface area contributed by atoms with Crippen molar-refractivity contribution in [1.82, 2.24) is 0 Å². The molecule has 1 aromatic rings. The van der Waals surface area contributed by atoms with E-state index in [4.69, 9.17) is 15.2 Å². The van der Waals surface area contributed by atoms with E-state index >= 15 is 0 Å². The van der Waals surface area contributed by atoms with Crippen LogP contribution in [0.25, 0.3) is 0 Å². The summed E-state index contributed by atoms with van der Waals surface area (Å²) in [7, 11) is 3.34. The van der Waals surface area contributed by atoms with E-state index in [9.17, 15) is 0 Å². The van der Waals surface area contributed by atoms with Crippen LogP contribution in [0.4, 0.5) is 5.69 Å². The second kappa shape index (κ2) is 4.61. The van der Waals surface area contributed by atoms with Gasteiger partial charge in [-0.2, -0.15) is 0 Å². The number of benzene rings is 1. The van der Waals surface area contributed by atoms with Crippen LogP contribution >= 0.6 is 0 Å². The Morgan fingerprint density at radius 2 is 2.19 bits per heavy atom. The van der Waals surface area contributed by atoms with Crippen LogP contribution in [0.15, 0.2) is 12.1 Å². The van der Waals surface area contributed by atoms with E-state index in [1.807, 2.05) is 6.07 Å². The summed E-state index contributed by atoms with van der Waals surface area (Å²) in [6, 6.07) is 3.97. The third kappa shape index (κ3) is 1.80. The summed E-state index contributed by atoms with van der Waals surface area (Å²) in [6.07, 6.45) is 0.982. The predicted molar refractivity (Wildman–Crippen MR) is 64.4 cm³/mol. The highest BCUT2D eigenvalue weighted by atomic mass is 16.5. The Bertz CT molecular complexity index is 380. The van der Waals surface area contributed by atoms with Crippen LogP contribution in [0.1, 0.15) is 17.9 Å². The molecule has 16 heavy (non-hydrogen) atoms. The zero-order valence-electron chi connectivity index (χ0n) is 9.75. The van der Waals surface area contributed by atoms with Crippen molar-refractivity contribution >= 4 is 5.69 Å². The molecule has 2 rings (SSSR count). The summed E-state index contributed by atoms with van der Waals surface area (Å²) in [4.78, 5) is 0. The highest BCUT2D eigenvalue weighted by Gasteiger charge is 2.25. The Labute approximate surface area is 95.7 Å². The van der Waals surface area contributed by atoms with Gasteiger partial charge in [0, 0.05) is 18.5 Å². The zero-order valence-corrected chi connectivity index (χ0v) is 9.75. The molecule has 1 atom stereocenters. The number of ether oxygens (including phenoxy) is 2. The van der Waals surface area contributed by atoms with Gasteiger partial charge in [-0.05, 0) is 24.6 Å². The molecular weight excluding hydrogens is 204 g/mol. The molecule has 1 aromatic carbocycles. The minimum Gasteiger partial charge on any atom is -0.497 e. The lowest BCUT2D eigenvalue weighted by molar-refractivity contribution is 0.395. The fourth-order valence-electron chi connectivity index (χ4n) is 2.19. The average molecular weight is 222 g/mol. The third-order valence-electron chi connectivity index (χ3n) is 3.04. The van der Waals surface area contributed by atoms with Gasteiger partial charge < -0.3 is 20.5 Å². The molecule has 1 aliphatic heterocycles. The van der Waals surface area contributed by atoms with Gasteiger partial charge in [0.1, 0.15) is 11.5 Å². The molecule has 0 spiro atoms. The van der Waals surface area contributed by atoms with Crippen molar-refractivity contribution in [2.45, 2.75) is 12.3 Å². The van der Waals surface area contributed by atoms with Crippen molar-refractivity contribution in [2.24, 2.45) is 5.73 Å². The maximum atomic E-state index is 5.62. The topological polar surface area (TPSA) is 56.5 Å². The number of hydrogen-bond acceptors (Lipinski definition) is 4. The van der Waals surface area contributed by atoms with E-state index in [2.05, 4.69) is 11.4 Å². The molecule has 4 nitrogen and oxygen atoms in total. The van der Waals surface area contributed by atoms with E-state index in [0.717, 1.165) is 30.2 Å². The van der Waals surface area contributed by atoms with Gasteiger partial charge in [-0.15, -0.1) is 0 Å². The van der Waals surface area contributed by atoms with Crippen molar-refractivity contribution in [3.8, 4) is 11.5 Å². The molecule has 0 saturated heterocycles. The maximum absolute atomic E-state index is 5.62. The molecule has 0 aliphatic carbocycles. The fraction of sp³-hybridized carbons (Fsp3) is 0.500. The lowest BCUT2D eigenvalue weighted by atomic mass is 9.97. The van der Waals surface area contributed by atoms with Crippen LogP contribution in [0, 0.1) is 0 Å². The van der Waals surface area contributed by atoms with Gasteiger partial charge in [-0.3, -0.25) is 0 Å². The number of anilines is 1. The first kappa shape index (κ1) is 11.1. The molecule has 0 fully saturated rings. The number of nitrogens with one attached hydrogen (secondary N) is 1. The third-order valence-corrected chi connectivity index (χ3v) is 3.04. The highest BCUT2D eigenvalue weighted by molar-refractivity contribution is 5.69. The van der Waals surface area contributed by atoms with Crippen LogP contribution in [-0.4, -0.2) is 27.3 Å². The number of rotatable bonds is 4. The van der Waals surface area contributed by atoms with E-state index in [0.29, 0.717) is 12.5 Å². The van der Waals surface area contributed by atoms with Gasteiger partial charge in [0.15, 0.2) is 0 Å². The van der Waals surface area contributed by atoms with E-state index < -0.39 is 0 Å². The Hall–Kier alpha value is -1.42. The van der Waals surface area contributed by atoms with Gasteiger partial charge in [-0.25, -0.2) is 0 Å². The molecule has 0 bridgehead atoms. The van der Waals surface area contributed by atoms with Gasteiger partial charge >= 0.3 is 0 Å². The Morgan fingerprint density at radius 3 is 2.81 bits per heavy atom. The molecule has 88 valence electrons. The molecule has 4 heteroatoms. The minimum absolute atomic E-state index is 0.462. The smallest absolute Gasteiger partial charge is 0.145 e. The molecule has 3 N–H and O–H groups in total. The molecule has 0 radical (unpaired) electrons. The summed E-state index contributed by atoms with van der Waals surface area (Å²) < 4.78 is 10.6. The molecule has 0 saturated carbocycles. The first-order chi connectivity index (χ1) is 7.80. The zero-order chi connectivity index (χ0) is 11.5. The standard InChI is InChI=1S/C12H18N2O2/c1-15-9-5-10-8(3-4-13)7-14-12(10)11(6-9)16-2/h5-6,8,14H,3-4,7,13H2,1-2H3. The summed E-state index contributed by atoms with van der Waals surface area (Å²) in [5, 5.41) is 3.37. The molecular formula is C12H18N2O2. The summed E-state index contributed by atoms with van der Waals surface area (Å²) >= 11 is 0. The predicted octanol–water partition coefficient (Wildman–Crippen LogP) is 1.56. The summed E-state index contributed by atoms with van der Waals surface area (Å²) in [6.45, 7) is 1.63. The summed E-state index contributed by atoms with van der Waals surface area (Å²) in [5.74, 6) is 2.14. The minimum atomic E-state index is 0.462. The van der Waals surface area contributed by atoms with Crippen LogP contribution in [-0.2, 0) is 0 Å². The monoisotopic (exact) mass is 222 g/mol. The van der Waals surface area contributed by atoms with Crippen molar-refractivity contribution in [3.05, 3.63) is 17.7 Å². The maximum Gasteiger partial charge on any atom is 0.145 e. The van der Waals surface area contributed by atoms with Crippen LogP contribution in [0.2, 0.25) is 0 Å². The van der Waals surface area contributed by atoms with E-state index in [1.54, 1.807) is 14.2 Å².